The summed E-state index contributed by atoms with van der Waals surface area (Å²) in [4.78, 5) is 15.6. The number of anilines is 1. The Morgan fingerprint density at radius 1 is 1.00 bits per heavy atom. The number of rotatable bonds is 4. The predicted molar refractivity (Wildman–Crippen MR) is 109 cm³/mol. The van der Waals surface area contributed by atoms with Crippen molar-refractivity contribution < 1.29 is 4.74 Å². The first-order valence-electron chi connectivity index (χ1n) is 9.76. The van der Waals surface area contributed by atoms with Gasteiger partial charge >= 0.3 is 0 Å². The number of pyridine rings is 1. The second-order valence-electron chi connectivity index (χ2n) is 6.81. The van der Waals surface area contributed by atoms with Crippen molar-refractivity contribution in [1.29, 1.82) is 10.5 Å². The lowest BCUT2D eigenvalue weighted by Gasteiger charge is -2.29. The van der Waals surface area contributed by atoms with Gasteiger partial charge in [0.1, 0.15) is 23.5 Å². The molecule has 1 aliphatic heterocycles. The van der Waals surface area contributed by atoms with Crippen LogP contribution < -0.4 is 9.64 Å². The Morgan fingerprint density at radius 3 is 2.41 bits per heavy atom. The van der Waals surface area contributed by atoms with Crippen LogP contribution in [0.15, 0.2) is 30.3 Å². The van der Waals surface area contributed by atoms with E-state index in [0.29, 0.717) is 34.6 Å². The molecule has 1 aromatic carbocycles. The molecule has 7 heteroatoms. The number of hydrogen-bond donors (Lipinski definition) is 0. The molecule has 0 atom stereocenters. The fourth-order valence-corrected chi connectivity index (χ4v) is 3.75. The molecule has 0 bridgehead atoms. The van der Waals surface area contributed by atoms with Gasteiger partial charge in [0.15, 0.2) is 5.65 Å². The lowest BCUT2D eigenvalue weighted by atomic mass is 9.97. The molecule has 0 radical (unpaired) electrons. The normalized spacial score (nSPS) is 13.7. The van der Waals surface area contributed by atoms with E-state index in [-0.39, 0.29) is 11.7 Å². The average Bonchev–Trinajstić information content (AvgIpc) is 2.78. The summed E-state index contributed by atoms with van der Waals surface area (Å²) in [6.07, 6.45) is 3.29. The topological polar surface area (TPSA) is 98.7 Å². The summed E-state index contributed by atoms with van der Waals surface area (Å²) in [6, 6.07) is 14.0. The van der Waals surface area contributed by atoms with Crippen molar-refractivity contribution in [2.75, 3.05) is 24.6 Å². The van der Waals surface area contributed by atoms with Gasteiger partial charge in [0.2, 0.25) is 11.7 Å². The van der Waals surface area contributed by atoms with Crippen LogP contribution in [-0.4, -0.2) is 34.6 Å². The quantitative estimate of drug-likeness (QED) is 0.674. The van der Waals surface area contributed by atoms with Crippen molar-refractivity contribution >= 4 is 16.9 Å². The highest BCUT2D eigenvalue weighted by Crippen LogP contribution is 2.39. The van der Waals surface area contributed by atoms with E-state index in [1.54, 1.807) is 0 Å². The molecule has 4 rings (SSSR count). The molecule has 3 aromatic rings. The molecule has 3 heterocycles. The first kappa shape index (κ1) is 18.6. The summed E-state index contributed by atoms with van der Waals surface area (Å²) in [6.45, 7) is 3.91. The lowest BCUT2D eigenvalue weighted by molar-refractivity contribution is 0.327. The number of hydrogen-bond acceptors (Lipinski definition) is 7. The number of piperidine rings is 1. The summed E-state index contributed by atoms with van der Waals surface area (Å²) < 4.78 is 5.67. The van der Waals surface area contributed by atoms with E-state index >= 15 is 0 Å². The molecule has 1 aliphatic rings. The molecule has 7 nitrogen and oxygen atoms in total. The zero-order valence-corrected chi connectivity index (χ0v) is 16.2. The van der Waals surface area contributed by atoms with Crippen LogP contribution in [0.5, 0.6) is 5.88 Å². The second-order valence-corrected chi connectivity index (χ2v) is 6.81. The van der Waals surface area contributed by atoms with Gasteiger partial charge in [-0.25, -0.2) is 4.98 Å². The molecule has 1 saturated heterocycles. The predicted octanol–water partition coefficient (Wildman–Crippen LogP) is 3.82. The minimum Gasteiger partial charge on any atom is -0.477 e. The molecule has 0 spiro atoms. The van der Waals surface area contributed by atoms with Gasteiger partial charge in [0, 0.05) is 18.7 Å². The van der Waals surface area contributed by atoms with E-state index in [2.05, 4.69) is 25.9 Å². The summed E-state index contributed by atoms with van der Waals surface area (Å²) >= 11 is 0. The molecule has 0 unspecified atom stereocenters. The Hall–Kier alpha value is -3.71. The highest BCUT2D eigenvalue weighted by atomic mass is 16.5. The van der Waals surface area contributed by atoms with Crippen LogP contribution in [0.4, 0.5) is 5.82 Å². The van der Waals surface area contributed by atoms with Gasteiger partial charge in [0.05, 0.1) is 12.0 Å². The number of nitriles is 2. The summed E-state index contributed by atoms with van der Waals surface area (Å²) in [5.41, 5.74) is 2.30. The van der Waals surface area contributed by atoms with Gasteiger partial charge in [-0.2, -0.15) is 20.5 Å². The smallest absolute Gasteiger partial charge is 0.236 e. The van der Waals surface area contributed by atoms with Crippen molar-refractivity contribution in [3.8, 4) is 29.1 Å². The van der Waals surface area contributed by atoms with Crippen molar-refractivity contribution in [1.82, 2.24) is 15.0 Å². The highest BCUT2D eigenvalue weighted by Gasteiger charge is 2.25. The monoisotopic (exact) mass is 384 g/mol. The molecule has 144 valence electrons. The minimum absolute atomic E-state index is 0.0664. The Bertz CT molecular complexity index is 1120. The first-order valence-corrected chi connectivity index (χ1v) is 9.76. The minimum atomic E-state index is 0.0664. The van der Waals surface area contributed by atoms with Crippen molar-refractivity contribution in [3.63, 3.8) is 0 Å². The molecule has 0 N–H and O–H groups in total. The van der Waals surface area contributed by atoms with E-state index in [1.165, 1.54) is 6.42 Å². The lowest BCUT2D eigenvalue weighted by Crippen LogP contribution is -2.31. The average molecular weight is 384 g/mol. The van der Waals surface area contributed by atoms with Crippen molar-refractivity contribution in [2.24, 2.45) is 0 Å². The Kier molecular flexibility index (Phi) is 5.22. The highest BCUT2D eigenvalue weighted by molar-refractivity contribution is 6.03. The largest absolute Gasteiger partial charge is 0.477 e. The Balaban J connectivity index is 2.12. The summed E-state index contributed by atoms with van der Waals surface area (Å²) in [5.74, 6) is 0.961. The molecule has 29 heavy (non-hydrogen) atoms. The fourth-order valence-electron chi connectivity index (χ4n) is 3.75. The van der Waals surface area contributed by atoms with E-state index in [1.807, 2.05) is 43.3 Å². The summed E-state index contributed by atoms with van der Waals surface area (Å²) in [5, 5.41) is 20.1. The van der Waals surface area contributed by atoms with E-state index in [4.69, 9.17) is 4.74 Å². The van der Waals surface area contributed by atoms with E-state index < -0.39 is 0 Å². The zero-order valence-electron chi connectivity index (χ0n) is 16.2. The maximum atomic E-state index is 9.97. The van der Waals surface area contributed by atoms with Crippen LogP contribution in [0.25, 0.3) is 22.2 Å². The van der Waals surface area contributed by atoms with Gasteiger partial charge in [-0.15, -0.1) is 0 Å². The van der Waals surface area contributed by atoms with Crippen LogP contribution in [0.3, 0.4) is 0 Å². The van der Waals surface area contributed by atoms with Gasteiger partial charge in [-0.3, -0.25) is 0 Å². The molecular weight excluding hydrogens is 364 g/mol. The molecule has 0 saturated carbocycles. The number of nitrogens with zero attached hydrogens (tertiary/aromatic N) is 6. The number of ether oxygens (including phenoxy) is 1. The molecule has 0 amide bonds. The Labute approximate surface area is 169 Å². The maximum absolute atomic E-state index is 9.97. The van der Waals surface area contributed by atoms with Crippen LogP contribution in [0.1, 0.15) is 37.6 Å². The van der Waals surface area contributed by atoms with Crippen LogP contribution in [-0.2, 0) is 0 Å². The SMILES string of the molecule is CCOc1nc2nc(C#N)nc(N3CCCCC3)c2c(-c2ccccc2)c1C#N. The fraction of sp³-hybridized carbons (Fsp3) is 0.318. The third-order valence-corrected chi connectivity index (χ3v) is 5.00. The zero-order chi connectivity index (χ0) is 20.2. The van der Waals surface area contributed by atoms with E-state index in [0.717, 1.165) is 31.5 Å². The first-order chi connectivity index (χ1) is 14.3. The van der Waals surface area contributed by atoms with Crippen LogP contribution in [0.2, 0.25) is 0 Å². The second kappa shape index (κ2) is 8.12. The molecular formula is C22H20N6O. The van der Waals surface area contributed by atoms with Crippen LogP contribution in [0, 0.1) is 22.7 Å². The third kappa shape index (κ3) is 3.43. The van der Waals surface area contributed by atoms with Gasteiger partial charge < -0.3 is 9.64 Å². The summed E-state index contributed by atoms with van der Waals surface area (Å²) in [7, 11) is 0. The van der Waals surface area contributed by atoms with Gasteiger partial charge in [-0.1, -0.05) is 30.3 Å². The van der Waals surface area contributed by atoms with Crippen molar-refractivity contribution in [3.05, 3.63) is 41.7 Å². The standard InChI is InChI=1S/C22H20N6O/c1-2-29-22-16(13-23)18(15-9-5-3-6-10-15)19-20(27-22)25-17(14-24)26-21(19)28-11-7-4-8-12-28/h3,5-6,9-10H,2,4,7-8,11-12H2,1H3. The van der Waals surface area contributed by atoms with Crippen LogP contribution >= 0.6 is 0 Å². The number of aromatic nitrogens is 3. The maximum Gasteiger partial charge on any atom is 0.236 e. The Morgan fingerprint density at radius 2 is 1.76 bits per heavy atom. The number of benzene rings is 1. The molecule has 1 fully saturated rings. The van der Waals surface area contributed by atoms with Crippen molar-refractivity contribution in [2.45, 2.75) is 26.2 Å². The van der Waals surface area contributed by atoms with E-state index in [9.17, 15) is 10.5 Å². The molecule has 2 aromatic heterocycles. The number of fused-ring (bicyclic) bond motifs is 1. The third-order valence-electron chi connectivity index (χ3n) is 5.00. The van der Waals surface area contributed by atoms with Gasteiger partial charge in [-0.05, 0) is 31.7 Å². The molecule has 0 aliphatic carbocycles. The van der Waals surface area contributed by atoms with Gasteiger partial charge in [0.25, 0.3) is 0 Å².